The number of benzene rings is 1. The molecule has 2 aromatic rings. The molecule has 18 heavy (non-hydrogen) atoms. The molecule has 0 fully saturated rings. The van der Waals surface area contributed by atoms with Crippen molar-refractivity contribution in [2.75, 3.05) is 0 Å². The quantitative estimate of drug-likeness (QED) is 0.887. The maximum Gasteiger partial charge on any atom is 0.165 e. The Balaban J connectivity index is 2.17. The van der Waals surface area contributed by atoms with Crippen LogP contribution < -0.4 is 4.74 Å². The molecule has 1 aromatic carbocycles. The van der Waals surface area contributed by atoms with Gasteiger partial charge in [-0.25, -0.2) is 4.39 Å². The van der Waals surface area contributed by atoms with Crippen LogP contribution in [-0.4, -0.2) is 14.9 Å². The normalized spacial score (nSPS) is 10.6. The van der Waals surface area contributed by atoms with Crippen molar-refractivity contribution in [3.63, 3.8) is 0 Å². The van der Waals surface area contributed by atoms with Gasteiger partial charge in [-0.2, -0.15) is 5.10 Å². The number of aliphatic hydroxyl groups excluding tert-OH is 1. The molecule has 0 aliphatic carbocycles. The van der Waals surface area contributed by atoms with Crippen LogP contribution in [-0.2, 0) is 13.2 Å². The van der Waals surface area contributed by atoms with E-state index in [4.69, 9.17) is 9.84 Å². The topological polar surface area (TPSA) is 47.3 Å². The first-order valence-corrected chi connectivity index (χ1v) is 5.82. The predicted molar refractivity (Wildman–Crippen MR) is 64.9 cm³/mol. The van der Waals surface area contributed by atoms with Crippen LogP contribution >= 0.6 is 0 Å². The van der Waals surface area contributed by atoms with Crippen LogP contribution in [0.15, 0.2) is 30.6 Å². The average molecular weight is 250 g/mol. The molecule has 1 N–H and O–H groups in total. The molecule has 96 valence electrons. The van der Waals surface area contributed by atoms with Gasteiger partial charge < -0.3 is 9.84 Å². The van der Waals surface area contributed by atoms with Crippen molar-refractivity contribution < 1.29 is 14.2 Å². The Morgan fingerprint density at radius 1 is 1.44 bits per heavy atom. The minimum absolute atomic E-state index is 0.268. The van der Waals surface area contributed by atoms with Gasteiger partial charge in [0.25, 0.3) is 0 Å². The highest BCUT2D eigenvalue weighted by Gasteiger charge is 2.07. The minimum Gasteiger partial charge on any atom is -0.454 e. The molecular weight excluding hydrogens is 235 g/mol. The number of aliphatic hydroxyl groups is 1. The number of aromatic nitrogens is 2. The van der Waals surface area contributed by atoms with E-state index < -0.39 is 5.82 Å². The molecular formula is C13H15FN2O2. The number of halogens is 1. The molecule has 1 heterocycles. The summed E-state index contributed by atoms with van der Waals surface area (Å²) in [5.41, 5.74) is 0.415. The molecule has 0 unspecified atom stereocenters. The third-order valence-electron chi connectivity index (χ3n) is 2.48. The fourth-order valence-corrected chi connectivity index (χ4v) is 1.65. The Labute approximate surface area is 105 Å². The second-order valence-electron chi connectivity index (χ2n) is 3.95. The molecule has 0 aliphatic rings. The summed E-state index contributed by atoms with van der Waals surface area (Å²) in [5.74, 6) is 0.618. The molecule has 0 aliphatic heterocycles. The third-order valence-corrected chi connectivity index (χ3v) is 2.48. The molecule has 0 saturated carbocycles. The summed E-state index contributed by atoms with van der Waals surface area (Å²) in [7, 11) is 0. The van der Waals surface area contributed by atoms with E-state index in [9.17, 15) is 4.39 Å². The van der Waals surface area contributed by atoms with E-state index in [2.05, 4.69) is 12.0 Å². The summed E-state index contributed by atoms with van der Waals surface area (Å²) in [5, 5.41) is 13.3. The molecule has 0 spiro atoms. The van der Waals surface area contributed by atoms with Gasteiger partial charge >= 0.3 is 0 Å². The highest BCUT2D eigenvalue weighted by atomic mass is 19.1. The maximum atomic E-state index is 13.0. The van der Waals surface area contributed by atoms with Gasteiger partial charge in [0.15, 0.2) is 5.75 Å². The molecule has 0 amide bonds. The lowest BCUT2D eigenvalue weighted by Crippen LogP contribution is -1.95. The zero-order chi connectivity index (χ0) is 13.0. The molecule has 4 nitrogen and oxygen atoms in total. The fraction of sp³-hybridized carbons (Fsp3) is 0.308. The van der Waals surface area contributed by atoms with Crippen molar-refractivity contribution in [2.24, 2.45) is 0 Å². The second-order valence-corrected chi connectivity index (χ2v) is 3.95. The van der Waals surface area contributed by atoms with Gasteiger partial charge in [0, 0.05) is 12.1 Å². The number of aryl methyl sites for hydroxylation is 1. The third kappa shape index (κ3) is 2.87. The van der Waals surface area contributed by atoms with Crippen LogP contribution in [0.1, 0.15) is 18.9 Å². The first-order chi connectivity index (χ1) is 8.72. The molecule has 0 atom stereocenters. The summed E-state index contributed by atoms with van der Waals surface area (Å²) in [4.78, 5) is 0. The van der Waals surface area contributed by atoms with Crippen LogP contribution in [0.2, 0.25) is 0 Å². The lowest BCUT2D eigenvalue weighted by molar-refractivity contribution is 0.275. The standard InChI is InChI=1S/C13H15FN2O2/c1-2-5-16-8-12(7-15-16)18-13-4-3-11(14)6-10(13)9-17/h3-4,6-8,17H,2,5,9H2,1H3. The summed E-state index contributed by atoms with van der Waals surface area (Å²) >= 11 is 0. The largest absolute Gasteiger partial charge is 0.454 e. The summed E-state index contributed by atoms with van der Waals surface area (Å²) in [6.07, 6.45) is 4.35. The van der Waals surface area contributed by atoms with E-state index >= 15 is 0 Å². The van der Waals surface area contributed by atoms with Crippen molar-refractivity contribution in [1.82, 2.24) is 9.78 Å². The molecule has 5 heteroatoms. The van der Waals surface area contributed by atoms with Crippen LogP contribution in [0.5, 0.6) is 11.5 Å². The number of hydrogen-bond donors (Lipinski definition) is 1. The van der Waals surface area contributed by atoms with E-state index in [1.54, 1.807) is 17.1 Å². The number of rotatable bonds is 5. The Kier molecular flexibility index (Phi) is 3.94. The highest BCUT2D eigenvalue weighted by molar-refractivity contribution is 5.36. The number of hydrogen-bond acceptors (Lipinski definition) is 3. The summed E-state index contributed by atoms with van der Waals surface area (Å²) in [6.45, 7) is 2.61. The zero-order valence-electron chi connectivity index (χ0n) is 10.1. The monoisotopic (exact) mass is 250 g/mol. The lowest BCUT2D eigenvalue weighted by atomic mass is 10.2. The predicted octanol–water partition coefficient (Wildman–Crippen LogP) is 2.72. The van der Waals surface area contributed by atoms with Gasteiger partial charge in [0.1, 0.15) is 11.6 Å². The van der Waals surface area contributed by atoms with Gasteiger partial charge in [-0.05, 0) is 24.6 Å². The van der Waals surface area contributed by atoms with Crippen LogP contribution in [0, 0.1) is 5.82 Å². The van der Waals surface area contributed by atoms with Gasteiger partial charge in [0.2, 0.25) is 0 Å². The average Bonchev–Trinajstić information content (AvgIpc) is 2.79. The van der Waals surface area contributed by atoms with E-state index in [0.717, 1.165) is 13.0 Å². The Morgan fingerprint density at radius 3 is 3.00 bits per heavy atom. The first kappa shape index (κ1) is 12.6. The van der Waals surface area contributed by atoms with Crippen molar-refractivity contribution in [3.05, 3.63) is 42.0 Å². The van der Waals surface area contributed by atoms with Crippen molar-refractivity contribution in [3.8, 4) is 11.5 Å². The van der Waals surface area contributed by atoms with E-state index in [1.807, 2.05) is 0 Å². The van der Waals surface area contributed by atoms with E-state index in [0.29, 0.717) is 17.1 Å². The van der Waals surface area contributed by atoms with Gasteiger partial charge in [0.05, 0.1) is 19.0 Å². The smallest absolute Gasteiger partial charge is 0.165 e. The highest BCUT2D eigenvalue weighted by Crippen LogP contribution is 2.25. The summed E-state index contributed by atoms with van der Waals surface area (Å²) < 4.78 is 20.3. The molecule has 0 saturated heterocycles. The van der Waals surface area contributed by atoms with Crippen molar-refractivity contribution in [1.29, 1.82) is 0 Å². The fourth-order valence-electron chi connectivity index (χ4n) is 1.65. The first-order valence-electron chi connectivity index (χ1n) is 5.82. The van der Waals surface area contributed by atoms with Crippen LogP contribution in [0.4, 0.5) is 4.39 Å². The SMILES string of the molecule is CCCn1cc(Oc2ccc(F)cc2CO)cn1. The van der Waals surface area contributed by atoms with Crippen molar-refractivity contribution >= 4 is 0 Å². The molecule has 0 bridgehead atoms. The van der Waals surface area contributed by atoms with E-state index in [-0.39, 0.29) is 6.61 Å². The lowest BCUT2D eigenvalue weighted by Gasteiger charge is -2.07. The van der Waals surface area contributed by atoms with Gasteiger partial charge in [-0.15, -0.1) is 0 Å². The molecule has 2 rings (SSSR count). The minimum atomic E-state index is -0.395. The Bertz CT molecular complexity index is 525. The Morgan fingerprint density at radius 2 is 2.28 bits per heavy atom. The zero-order valence-corrected chi connectivity index (χ0v) is 10.1. The van der Waals surface area contributed by atoms with Crippen LogP contribution in [0.25, 0.3) is 0 Å². The second kappa shape index (κ2) is 5.64. The van der Waals surface area contributed by atoms with Gasteiger partial charge in [-0.3, -0.25) is 4.68 Å². The van der Waals surface area contributed by atoms with E-state index in [1.165, 1.54) is 18.2 Å². The van der Waals surface area contributed by atoms with Crippen LogP contribution in [0.3, 0.4) is 0 Å². The maximum absolute atomic E-state index is 13.0. The summed E-state index contributed by atoms with van der Waals surface area (Å²) in [6, 6.07) is 4.05. The molecule has 1 aromatic heterocycles. The Hall–Kier alpha value is -1.88. The number of ether oxygens (including phenoxy) is 1. The number of nitrogens with zero attached hydrogens (tertiary/aromatic N) is 2. The van der Waals surface area contributed by atoms with Crippen molar-refractivity contribution in [2.45, 2.75) is 26.5 Å². The van der Waals surface area contributed by atoms with Gasteiger partial charge in [-0.1, -0.05) is 6.92 Å². The molecule has 0 radical (unpaired) electrons.